The summed E-state index contributed by atoms with van der Waals surface area (Å²) in [4.78, 5) is 13.7. The molecular weight excluding hydrogens is 442 g/mol. The van der Waals surface area contributed by atoms with Crippen molar-refractivity contribution in [2.24, 2.45) is 0 Å². The van der Waals surface area contributed by atoms with E-state index in [1.807, 2.05) is 11.9 Å². The van der Waals surface area contributed by atoms with Crippen molar-refractivity contribution in [1.29, 1.82) is 0 Å². The number of halogens is 4. The standard InChI is InChI=1S/C22H25F4N5O2/c1-30-11-7-17(15(23)13-30)28-19-6-2-5-18-14(12-22(24,25)26)16(29-31(18)19)4-3-10-27-20(32)21(33)8-9-21/h2,5-6,15,17,28,33H,7-13H2,1H3,(H,27,32)/t15-,17+/m0/s1. The molecule has 1 aliphatic carbocycles. The fourth-order valence-corrected chi connectivity index (χ4v) is 3.88. The van der Waals surface area contributed by atoms with E-state index in [9.17, 15) is 27.5 Å². The summed E-state index contributed by atoms with van der Waals surface area (Å²) in [6, 6.07) is 4.25. The van der Waals surface area contributed by atoms with Gasteiger partial charge in [0.2, 0.25) is 0 Å². The third kappa shape index (κ3) is 5.39. The van der Waals surface area contributed by atoms with E-state index < -0.39 is 36.3 Å². The maximum absolute atomic E-state index is 14.5. The molecule has 7 nitrogen and oxygen atoms in total. The first-order valence-electron chi connectivity index (χ1n) is 10.7. The fraction of sp³-hybridized carbons (Fsp3) is 0.545. The highest BCUT2D eigenvalue weighted by Crippen LogP contribution is 2.34. The summed E-state index contributed by atoms with van der Waals surface area (Å²) < 4.78 is 55.7. The Morgan fingerprint density at radius 2 is 2.12 bits per heavy atom. The number of aliphatic hydroxyl groups is 1. The Kier molecular flexibility index (Phi) is 6.24. The fourth-order valence-electron chi connectivity index (χ4n) is 3.88. The highest BCUT2D eigenvalue weighted by molar-refractivity contribution is 5.87. The lowest BCUT2D eigenvalue weighted by atomic mass is 10.0. The van der Waals surface area contributed by atoms with Gasteiger partial charge >= 0.3 is 6.18 Å². The first-order chi connectivity index (χ1) is 15.6. The molecule has 0 bridgehead atoms. The Morgan fingerprint density at radius 1 is 1.36 bits per heavy atom. The highest BCUT2D eigenvalue weighted by Gasteiger charge is 2.47. The van der Waals surface area contributed by atoms with Crippen molar-refractivity contribution in [3.63, 3.8) is 0 Å². The van der Waals surface area contributed by atoms with E-state index in [1.165, 1.54) is 10.6 Å². The van der Waals surface area contributed by atoms with Crippen molar-refractivity contribution in [3.05, 3.63) is 29.5 Å². The zero-order valence-corrected chi connectivity index (χ0v) is 18.0. The number of likely N-dealkylation sites (tertiary alicyclic amines) is 1. The van der Waals surface area contributed by atoms with E-state index in [2.05, 4.69) is 27.6 Å². The molecule has 0 aromatic carbocycles. The molecule has 2 aliphatic rings. The van der Waals surface area contributed by atoms with Crippen molar-refractivity contribution in [2.75, 3.05) is 32.0 Å². The average Bonchev–Trinajstić information content (AvgIpc) is 3.40. The molecule has 2 atom stereocenters. The number of anilines is 1. The van der Waals surface area contributed by atoms with E-state index in [-0.39, 0.29) is 29.9 Å². The van der Waals surface area contributed by atoms with Gasteiger partial charge in [-0.25, -0.2) is 8.91 Å². The highest BCUT2D eigenvalue weighted by atomic mass is 19.4. The van der Waals surface area contributed by atoms with Gasteiger partial charge in [-0.2, -0.15) is 18.3 Å². The molecule has 1 saturated heterocycles. The second-order valence-electron chi connectivity index (χ2n) is 8.66. The number of amides is 1. The van der Waals surface area contributed by atoms with Crippen molar-refractivity contribution in [3.8, 4) is 11.8 Å². The number of carbonyl (C=O) groups is 1. The number of hydrogen-bond acceptors (Lipinski definition) is 5. The quantitative estimate of drug-likeness (QED) is 0.462. The predicted molar refractivity (Wildman–Crippen MR) is 113 cm³/mol. The largest absolute Gasteiger partial charge is 0.393 e. The molecule has 0 radical (unpaired) electrons. The Balaban J connectivity index is 1.60. The van der Waals surface area contributed by atoms with Gasteiger partial charge in [0.15, 0.2) is 0 Å². The zero-order valence-electron chi connectivity index (χ0n) is 18.0. The molecule has 33 heavy (non-hydrogen) atoms. The number of carbonyl (C=O) groups excluding carboxylic acids is 1. The number of fused-ring (bicyclic) bond motifs is 1. The van der Waals surface area contributed by atoms with Crippen LogP contribution in [0.4, 0.5) is 23.4 Å². The molecule has 178 valence electrons. The first-order valence-corrected chi connectivity index (χ1v) is 10.7. The molecule has 1 saturated carbocycles. The summed E-state index contributed by atoms with van der Waals surface area (Å²) >= 11 is 0. The van der Waals surface area contributed by atoms with E-state index in [1.54, 1.807) is 12.1 Å². The maximum Gasteiger partial charge on any atom is 0.393 e. The van der Waals surface area contributed by atoms with Gasteiger partial charge in [-0.1, -0.05) is 12.0 Å². The maximum atomic E-state index is 14.5. The molecule has 1 amide bonds. The first kappa shape index (κ1) is 23.3. The Labute approximate surface area is 188 Å². The minimum Gasteiger partial charge on any atom is -0.380 e. The van der Waals surface area contributed by atoms with E-state index >= 15 is 0 Å². The lowest BCUT2D eigenvalue weighted by Gasteiger charge is -2.33. The number of hydrogen-bond donors (Lipinski definition) is 3. The van der Waals surface area contributed by atoms with Gasteiger partial charge in [0.1, 0.15) is 23.3 Å². The second-order valence-corrected chi connectivity index (χ2v) is 8.66. The average molecular weight is 467 g/mol. The van der Waals surface area contributed by atoms with Crippen LogP contribution in [0.1, 0.15) is 30.5 Å². The molecule has 1 aliphatic heterocycles. The van der Waals surface area contributed by atoms with Gasteiger partial charge in [0.25, 0.3) is 5.91 Å². The van der Waals surface area contributed by atoms with Crippen molar-refractivity contribution >= 4 is 17.2 Å². The van der Waals surface area contributed by atoms with Crippen molar-refractivity contribution < 1.29 is 27.5 Å². The third-order valence-electron chi connectivity index (χ3n) is 5.91. The Hall–Kier alpha value is -2.84. The summed E-state index contributed by atoms with van der Waals surface area (Å²) in [5.41, 5.74) is -1.29. The Bertz CT molecular complexity index is 1100. The molecule has 2 fully saturated rings. The van der Waals surface area contributed by atoms with Crippen LogP contribution in [-0.4, -0.2) is 76.2 Å². The van der Waals surface area contributed by atoms with Crippen LogP contribution in [-0.2, 0) is 11.2 Å². The van der Waals surface area contributed by atoms with Crippen LogP contribution in [0.3, 0.4) is 0 Å². The van der Waals surface area contributed by atoms with Crippen LogP contribution in [0, 0.1) is 11.8 Å². The number of nitrogens with one attached hydrogen (secondary N) is 2. The molecular formula is C22H25F4N5O2. The van der Waals surface area contributed by atoms with Gasteiger partial charge in [0, 0.05) is 18.7 Å². The minimum atomic E-state index is -4.48. The SMILES string of the molecule is CN1CC[C@@H](Nc2cccc3c(CC(F)(F)F)c(C#CCNC(=O)C4(O)CC4)nn23)[C@@H](F)C1. The summed E-state index contributed by atoms with van der Waals surface area (Å²) in [7, 11) is 1.83. The van der Waals surface area contributed by atoms with E-state index in [4.69, 9.17) is 0 Å². The summed E-state index contributed by atoms with van der Waals surface area (Å²) in [6.45, 7) is 0.832. The molecule has 4 rings (SSSR count). The number of alkyl halides is 4. The van der Waals surface area contributed by atoms with Crippen LogP contribution in [0.2, 0.25) is 0 Å². The van der Waals surface area contributed by atoms with E-state index in [0.29, 0.717) is 31.6 Å². The lowest BCUT2D eigenvalue weighted by Crippen LogP contribution is -2.46. The summed E-state index contributed by atoms with van der Waals surface area (Å²) in [5, 5.41) is 19.5. The van der Waals surface area contributed by atoms with Gasteiger partial charge in [-0.15, -0.1) is 0 Å². The minimum absolute atomic E-state index is 0.0684. The molecule has 11 heteroatoms. The van der Waals surface area contributed by atoms with E-state index in [0.717, 1.165) is 0 Å². The second kappa shape index (κ2) is 8.83. The zero-order chi connectivity index (χ0) is 23.8. The van der Waals surface area contributed by atoms with Gasteiger partial charge in [0.05, 0.1) is 24.5 Å². The number of pyridine rings is 1. The van der Waals surface area contributed by atoms with Crippen LogP contribution >= 0.6 is 0 Å². The summed E-state index contributed by atoms with van der Waals surface area (Å²) in [5.74, 6) is 5.05. The molecule has 3 N–H and O–H groups in total. The van der Waals surface area contributed by atoms with Crippen molar-refractivity contribution in [1.82, 2.24) is 19.8 Å². The van der Waals surface area contributed by atoms with Crippen LogP contribution in [0.15, 0.2) is 18.2 Å². The number of aromatic nitrogens is 2. The molecule has 0 unspecified atom stereocenters. The molecule has 2 aromatic heterocycles. The van der Waals surface area contributed by atoms with Gasteiger partial charge in [-0.3, -0.25) is 4.79 Å². The predicted octanol–water partition coefficient (Wildman–Crippen LogP) is 1.89. The lowest BCUT2D eigenvalue weighted by molar-refractivity contribution is -0.131. The number of nitrogens with zero attached hydrogens (tertiary/aromatic N) is 3. The number of piperidine rings is 1. The topological polar surface area (TPSA) is 81.9 Å². The molecule has 3 heterocycles. The van der Waals surface area contributed by atoms with Crippen LogP contribution in [0.5, 0.6) is 0 Å². The van der Waals surface area contributed by atoms with Crippen LogP contribution < -0.4 is 10.6 Å². The Morgan fingerprint density at radius 3 is 2.79 bits per heavy atom. The summed E-state index contributed by atoms with van der Waals surface area (Å²) in [6.07, 6.45) is -5.54. The van der Waals surface area contributed by atoms with Gasteiger partial charge in [-0.05, 0) is 44.4 Å². The molecule has 2 aromatic rings. The monoisotopic (exact) mass is 467 g/mol. The van der Waals surface area contributed by atoms with Crippen LogP contribution in [0.25, 0.3) is 5.52 Å². The third-order valence-corrected chi connectivity index (χ3v) is 5.91. The smallest absolute Gasteiger partial charge is 0.380 e. The van der Waals surface area contributed by atoms with Gasteiger partial charge < -0.3 is 20.6 Å². The molecule has 0 spiro atoms. The normalized spacial score (nSPS) is 22.5. The van der Waals surface area contributed by atoms with Crippen molar-refractivity contribution in [2.45, 2.75) is 49.7 Å². The number of rotatable bonds is 5.